The molecule has 1 aromatic rings. The van der Waals surface area contributed by atoms with Gasteiger partial charge in [0.2, 0.25) is 5.75 Å². The Morgan fingerprint density at radius 1 is 1.61 bits per heavy atom. The van der Waals surface area contributed by atoms with Gasteiger partial charge in [0, 0.05) is 21.9 Å². The highest BCUT2D eigenvalue weighted by Gasteiger charge is 2.23. The minimum absolute atomic E-state index is 0.138. The Bertz CT molecular complexity index is 439. The molecule has 5 nitrogen and oxygen atoms in total. The summed E-state index contributed by atoms with van der Waals surface area (Å²) in [5.41, 5.74) is 0.276. The van der Waals surface area contributed by atoms with E-state index in [1.54, 1.807) is 24.8 Å². The lowest BCUT2D eigenvalue weighted by atomic mass is 10.1. The normalized spacial score (nSPS) is 12.2. The summed E-state index contributed by atoms with van der Waals surface area (Å²) >= 11 is 4.78. The molecular weight excluding hydrogens is 322 g/mol. The molecule has 100 valence electrons. The van der Waals surface area contributed by atoms with Crippen molar-refractivity contribution >= 4 is 33.4 Å². The van der Waals surface area contributed by atoms with Crippen LogP contribution in [0.4, 0.5) is 5.69 Å². The molecule has 0 aromatic heterocycles. The number of aliphatic hydroxyl groups is 1. The summed E-state index contributed by atoms with van der Waals surface area (Å²) in [6.45, 7) is 1.91. The van der Waals surface area contributed by atoms with Crippen molar-refractivity contribution < 1.29 is 14.8 Å². The molecule has 0 bridgehead atoms. The molecule has 0 saturated carbocycles. The van der Waals surface area contributed by atoms with Crippen molar-refractivity contribution in [1.82, 2.24) is 0 Å². The van der Waals surface area contributed by atoms with Crippen LogP contribution in [0, 0.1) is 10.1 Å². The molecule has 0 saturated heterocycles. The fourth-order valence-electron chi connectivity index (χ4n) is 1.43. The molecule has 0 amide bonds. The average molecular weight is 336 g/mol. The van der Waals surface area contributed by atoms with Crippen LogP contribution in [0.3, 0.4) is 0 Å². The fraction of sp³-hybridized carbons (Fsp3) is 0.455. The van der Waals surface area contributed by atoms with Gasteiger partial charge in [-0.15, -0.1) is 0 Å². The SMILES string of the molecule is CSCCOc1c(C(C)O)cc(Br)cc1[N+](=O)[O-]. The van der Waals surface area contributed by atoms with Gasteiger partial charge in [-0.25, -0.2) is 0 Å². The van der Waals surface area contributed by atoms with Gasteiger partial charge < -0.3 is 9.84 Å². The number of hydrogen-bond acceptors (Lipinski definition) is 5. The van der Waals surface area contributed by atoms with E-state index in [2.05, 4.69) is 15.9 Å². The minimum atomic E-state index is -0.828. The van der Waals surface area contributed by atoms with Crippen LogP contribution in [-0.2, 0) is 0 Å². The molecule has 0 radical (unpaired) electrons. The molecule has 1 rings (SSSR count). The Hall–Kier alpha value is -0.790. The van der Waals surface area contributed by atoms with E-state index in [0.717, 1.165) is 5.75 Å². The van der Waals surface area contributed by atoms with Crippen molar-refractivity contribution in [3.05, 3.63) is 32.3 Å². The van der Waals surface area contributed by atoms with Crippen LogP contribution in [0.2, 0.25) is 0 Å². The molecule has 18 heavy (non-hydrogen) atoms. The number of nitrogens with zero attached hydrogens (tertiary/aromatic N) is 1. The van der Waals surface area contributed by atoms with Crippen molar-refractivity contribution in [2.24, 2.45) is 0 Å². The topological polar surface area (TPSA) is 72.6 Å². The minimum Gasteiger partial charge on any atom is -0.486 e. The summed E-state index contributed by atoms with van der Waals surface area (Å²) in [7, 11) is 0. The maximum atomic E-state index is 11.0. The van der Waals surface area contributed by atoms with E-state index in [-0.39, 0.29) is 11.4 Å². The van der Waals surface area contributed by atoms with E-state index in [1.807, 2.05) is 6.26 Å². The lowest BCUT2D eigenvalue weighted by Crippen LogP contribution is -2.07. The molecule has 0 heterocycles. The summed E-state index contributed by atoms with van der Waals surface area (Å²) in [5.74, 6) is 0.874. The lowest BCUT2D eigenvalue weighted by molar-refractivity contribution is -0.386. The number of rotatable bonds is 6. The molecule has 0 spiro atoms. The third-order valence-electron chi connectivity index (χ3n) is 2.24. The van der Waals surface area contributed by atoms with Crippen LogP contribution >= 0.6 is 27.7 Å². The summed E-state index contributed by atoms with van der Waals surface area (Å²) in [5, 5.41) is 20.7. The monoisotopic (exact) mass is 335 g/mol. The number of ether oxygens (including phenoxy) is 1. The van der Waals surface area contributed by atoms with Crippen LogP contribution in [0.25, 0.3) is 0 Å². The molecule has 0 aliphatic carbocycles. The quantitative estimate of drug-likeness (QED) is 0.491. The average Bonchev–Trinajstić information content (AvgIpc) is 2.30. The summed E-state index contributed by atoms with van der Waals surface area (Å²) < 4.78 is 5.99. The first-order valence-corrected chi connectivity index (χ1v) is 7.43. The van der Waals surface area contributed by atoms with Crippen LogP contribution in [0.1, 0.15) is 18.6 Å². The van der Waals surface area contributed by atoms with Crippen LogP contribution < -0.4 is 4.74 Å². The zero-order chi connectivity index (χ0) is 13.7. The Morgan fingerprint density at radius 3 is 2.78 bits per heavy atom. The standard InChI is InChI=1S/C11H14BrNO4S/c1-7(14)9-5-8(12)6-10(13(15)16)11(9)17-3-4-18-2/h5-7,14H,3-4H2,1-2H3. The van der Waals surface area contributed by atoms with Crippen molar-refractivity contribution in [3.8, 4) is 5.75 Å². The lowest BCUT2D eigenvalue weighted by Gasteiger charge is -2.14. The summed E-state index contributed by atoms with van der Waals surface area (Å²) in [4.78, 5) is 10.5. The molecule has 0 aliphatic rings. The molecular formula is C11H14BrNO4S. The first-order valence-electron chi connectivity index (χ1n) is 5.25. The highest BCUT2D eigenvalue weighted by molar-refractivity contribution is 9.10. The Labute approximate surface area is 118 Å². The second-order valence-corrected chi connectivity index (χ2v) is 5.52. The smallest absolute Gasteiger partial charge is 0.312 e. The van der Waals surface area contributed by atoms with Gasteiger partial charge in [0.05, 0.1) is 17.6 Å². The van der Waals surface area contributed by atoms with Crippen LogP contribution in [0.5, 0.6) is 5.75 Å². The number of thioether (sulfide) groups is 1. The van der Waals surface area contributed by atoms with Crippen molar-refractivity contribution in [3.63, 3.8) is 0 Å². The molecule has 1 atom stereocenters. The number of aliphatic hydroxyl groups excluding tert-OH is 1. The number of nitro benzene ring substituents is 1. The molecule has 0 fully saturated rings. The van der Waals surface area contributed by atoms with Gasteiger partial charge >= 0.3 is 5.69 Å². The highest BCUT2D eigenvalue weighted by Crippen LogP contribution is 2.37. The van der Waals surface area contributed by atoms with Gasteiger partial charge in [-0.1, -0.05) is 15.9 Å². The van der Waals surface area contributed by atoms with Crippen LogP contribution in [0.15, 0.2) is 16.6 Å². The number of hydrogen-bond donors (Lipinski definition) is 1. The van der Waals surface area contributed by atoms with Gasteiger partial charge in [-0.05, 0) is 19.2 Å². The Morgan fingerprint density at radius 2 is 2.28 bits per heavy atom. The summed E-state index contributed by atoms with van der Waals surface area (Å²) in [6, 6.07) is 3.01. The zero-order valence-corrected chi connectivity index (χ0v) is 12.5. The van der Waals surface area contributed by atoms with Gasteiger partial charge in [-0.3, -0.25) is 10.1 Å². The second-order valence-electron chi connectivity index (χ2n) is 3.62. The predicted octanol–water partition coefficient (Wildman–Crippen LogP) is 3.15. The molecule has 1 unspecified atom stereocenters. The molecule has 1 N–H and O–H groups in total. The number of benzene rings is 1. The molecule has 1 aromatic carbocycles. The van der Waals surface area contributed by atoms with E-state index in [0.29, 0.717) is 16.6 Å². The zero-order valence-electron chi connectivity index (χ0n) is 10.1. The fourth-order valence-corrected chi connectivity index (χ4v) is 2.14. The number of nitro groups is 1. The van der Waals surface area contributed by atoms with Crippen molar-refractivity contribution in [2.45, 2.75) is 13.0 Å². The van der Waals surface area contributed by atoms with E-state index in [4.69, 9.17) is 4.74 Å². The third kappa shape index (κ3) is 3.86. The second kappa shape index (κ2) is 6.96. The van der Waals surface area contributed by atoms with Crippen LogP contribution in [-0.4, -0.2) is 28.6 Å². The van der Waals surface area contributed by atoms with Gasteiger partial charge in [-0.2, -0.15) is 11.8 Å². The Kier molecular flexibility index (Phi) is 5.90. The number of halogens is 1. The highest BCUT2D eigenvalue weighted by atomic mass is 79.9. The van der Waals surface area contributed by atoms with E-state index in [9.17, 15) is 15.2 Å². The van der Waals surface area contributed by atoms with E-state index >= 15 is 0 Å². The maximum absolute atomic E-state index is 11.0. The largest absolute Gasteiger partial charge is 0.486 e. The van der Waals surface area contributed by atoms with Gasteiger partial charge in [0.25, 0.3) is 0 Å². The molecule has 7 heteroatoms. The van der Waals surface area contributed by atoms with Crippen molar-refractivity contribution in [2.75, 3.05) is 18.6 Å². The van der Waals surface area contributed by atoms with Gasteiger partial charge in [0.15, 0.2) is 0 Å². The van der Waals surface area contributed by atoms with Crippen molar-refractivity contribution in [1.29, 1.82) is 0 Å². The first-order chi connectivity index (χ1) is 8.47. The van der Waals surface area contributed by atoms with E-state index < -0.39 is 11.0 Å². The molecule has 0 aliphatic heterocycles. The third-order valence-corrected chi connectivity index (χ3v) is 3.28. The first kappa shape index (κ1) is 15.3. The maximum Gasteiger partial charge on any atom is 0.312 e. The predicted molar refractivity (Wildman–Crippen MR) is 75.3 cm³/mol. The summed E-state index contributed by atoms with van der Waals surface area (Å²) in [6.07, 6.45) is 1.10. The van der Waals surface area contributed by atoms with Gasteiger partial charge in [0.1, 0.15) is 0 Å². The van der Waals surface area contributed by atoms with E-state index in [1.165, 1.54) is 6.07 Å². The Balaban J connectivity index is 3.18.